The quantitative estimate of drug-likeness (QED) is 0.544. The van der Waals surface area contributed by atoms with Crippen LogP contribution in [-0.2, 0) is 16.1 Å². The summed E-state index contributed by atoms with van der Waals surface area (Å²) in [5.41, 5.74) is 0. The van der Waals surface area contributed by atoms with Crippen molar-refractivity contribution in [2.45, 2.75) is 19.5 Å². The summed E-state index contributed by atoms with van der Waals surface area (Å²) in [6.07, 6.45) is 1.73. The zero-order chi connectivity index (χ0) is 12.1. The molecule has 0 amide bonds. The van der Waals surface area contributed by atoms with Crippen LogP contribution in [-0.4, -0.2) is 35.2 Å². The Morgan fingerprint density at radius 3 is 2.81 bits per heavy atom. The molecule has 90 valence electrons. The predicted molar refractivity (Wildman–Crippen MR) is 77.1 cm³/mol. The van der Waals surface area contributed by atoms with Crippen LogP contribution in [0.2, 0.25) is 0 Å². The van der Waals surface area contributed by atoms with Crippen LogP contribution in [0.5, 0.6) is 0 Å². The van der Waals surface area contributed by atoms with Crippen molar-refractivity contribution in [2.24, 2.45) is 0 Å². The molecule has 0 saturated heterocycles. The molecular weight excluding hydrogens is 436 g/mol. The van der Waals surface area contributed by atoms with Crippen molar-refractivity contribution in [1.82, 2.24) is 14.9 Å². The number of esters is 1. The van der Waals surface area contributed by atoms with Crippen molar-refractivity contribution in [3.05, 3.63) is 13.7 Å². The van der Waals surface area contributed by atoms with E-state index in [9.17, 15) is 4.79 Å². The molecule has 0 aliphatic heterocycles. The van der Waals surface area contributed by atoms with E-state index in [-0.39, 0.29) is 12.0 Å². The molecule has 1 aromatic heterocycles. The molecule has 0 bridgehead atoms. The van der Waals surface area contributed by atoms with E-state index in [4.69, 9.17) is 4.74 Å². The monoisotopic (exact) mass is 449 g/mol. The summed E-state index contributed by atoms with van der Waals surface area (Å²) in [5, 5.41) is 2.94. The van der Waals surface area contributed by atoms with Crippen LogP contribution < -0.4 is 5.32 Å². The van der Waals surface area contributed by atoms with Crippen molar-refractivity contribution in [1.29, 1.82) is 0 Å². The van der Waals surface area contributed by atoms with Gasteiger partial charge in [0.05, 0.1) is 19.5 Å². The van der Waals surface area contributed by atoms with Gasteiger partial charge in [0.25, 0.3) is 0 Å². The van der Waals surface area contributed by atoms with Gasteiger partial charge in [-0.3, -0.25) is 4.79 Å². The molecule has 0 saturated carbocycles. The molecule has 16 heavy (non-hydrogen) atoms. The zero-order valence-corrected chi connectivity index (χ0v) is 13.4. The van der Waals surface area contributed by atoms with Crippen LogP contribution in [0.25, 0.3) is 0 Å². The van der Waals surface area contributed by atoms with Crippen LogP contribution in [0.1, 0.15) is 6.92 Å². The first kappa shape index (κ1) is 14.2. The van der Waals surface area contributed by atoms with Crippen molar-refractivity contribution in [3.8, 4) is 0 Å². The molecule has 0 spiro atoms. The molecule has 7 heteroatoms. The van der Waals surface area contributed by atoms with Crippen LogP contribution in [0.15, 0.2) is 6.33 Å². The highest BCUT2D eigenvalue weighted by molar-refractivity contribution is 14.1. The summed E-state index contributed by atoms with van der Waals surface area (Å²) in [6.45, 7) is 2.73. The van der Waals surface area contributed by atoms with Gasteiger partial charge < -0.3 is 14.6 Å². The van der Waals surface area contributed by atoms with E-state index in [1.54, 1.807) is 20.3 Å². The number of halogens is 2. The van der Waals surface area contributed by atoms with Crippen molar-refractivity contribution >= 4 is 51.2 Å². The third-order valence-corrected chi connectivity index (χ3v) is 4.98. The molecule has 0 aromatic carbocycles. The second-order valence-electron chi connectivity index (χ2n) is 3.07. The highest BCUT2D eigenvalue weighted by atomic mass is 127. The predicted octanol–water partition coefficient (Wildman–Crippen LogP) is 1.24. The second-order valence-corrected chi connectivity index (χ2v) is 5.12. The molecule has 0 aliphatic carbocycles. The molecule has 0 aliphatic rings. The van der Waals surface area contributed by atoms with Crippen molar-refractivity contribution in [2.75, 3.05) is 13.7 Å². The van der Waals surface area contributed by atoms with Gasteiger partial charge >= 0.3 is 5.97 Å². The lowest BCUT2D eigenvalue weighted by Crippen LogP contribution is -2.39. The Hall–Kier alpha value is 0.100. The SMILES string of the molecule is CCOC(=O)C(Cn1cnc(I)c1I)NC. The number of likely N-dealkylation sites (N-methyl/N-ethyl adjacent to an activating group) is 1. The first-order chi connectivity index (χ1) is 7.60. The second kappa shape index (κ2) is 6.74. The minimum atomic E-state index is -0.335. The first-order valence-corrected chi connectivity index (χ1v) is 6.95. The number of ether oxygens (including phenoxy) is 1. The van der Waals surface area contributed by atoms with E-state index in [1.165, 1.54) is 0 Å². The van der Waals surface area contributed by atoms with Crippen LogP contribution >= 0.6 is 45.2 Å². The normalized spacial score (nSPS) is 12.5. The lowest BCUT2D eigenvalue weighted by atomic mass is 10.3. The van der Waals surface area contributed by atoms with E-state index in [1.807, 2.05) is 4.57 Å². The van der Waals surface area contributed by atoms with E-state index < -0.39 is 0 Å². The molecule has 0 fully saturated rings. The topological polar surface area (TPSA) is 56.2 Å². The van der Waals surface area contributed by atoms with Gasteiger partial charge in [0.2, 0.25) is 0 Å². The minimum Gasteiger partial charge on any atom is -0.465 e. The Morgan fingerprint density at radius 1 is 1.69 bits per heavy atom. The van der Waals surface area contributed by atoms with Gasteiger partial charge in [-0.2, -0.15) is 0 Å². The van der Waals surface area contributed by atoms with Crippen LogP contribution in [0.3, 0.4) is 0 Å². The molecule has 1 heterocycles. The summed E-state index contributed by atoms with van der Waals surface area (Å²) in [6, 6.07) is -0.335. The number of imidazole rings is 1. The molecule has 1 N–H and O–H groups in total. The maximum absolute atomic E-state index is 11.6. The number of nitrogens with one attached hydrogen (secondary N) is 1. The molecule has 0 radical (unpaired) electrons. The van der Waals surface area contributed by atoms with Crippen LogP contribution in [0, 0.1) is 7.40 Å². The van der Waals surface area contributed by atoms with Crippen molar-refractivity contribution < 1.29 is 9.53 Å². The van der Waals surface area contributed by atoms with E-state index in [2.05, 4.69) is 55.5 Å². The lowest BCUT2D eigenvalue weighted by molar-refractivity contribution is -0.145. The van der Waals surface area contributed by atoms with Gasteiger partial charge in [-0.1, -0.05) is 0 Å². The summed E-state index contributed by atoms with van der Waals surface area (Å²) in [7, 11) is 1.75. The fourth-order valence-electron chi connectivity index (χ4n) is 1.19. The lowest BCUT2D eigenvalue weighted by Gasteiger charge is -2.15. The number of carbonyl (C=O) groups excluding carboxylic acids is 1. The fraction of sp³-hybridized carbons (Fsp3) is 0.556. The van der Waals surface area contributed by atoms with Gasteiger partial charge in [0.15, 0.2) is 0 Å². The van der Waals surface area contributed by atoms with Gasteiger partial charge in [0.1, 0.15) is 13.4 Å². The molecular formula is C9H13I2N3O2. The Balaban J connectivity index is 2.70. The number of hydrogen-bond acceptors (Lipinski definition) is 4. The molecule has 5 nitrogen and oxygen atoms in total. The Kier molecular flexibility index (Phi) is 5.97. The molecule has 1 aromatic rings. The maximum atomic E-state index is 11.6. The average Bonchev–Trinajstić information content (AvgIpc) is 2.57. The number of rotatable bonds is 5. The van der Waals surface area contributed by atoms with E-state index in [0.717, 1.165) is 7.40 Å². The Labute approximate surface area is 122 Å². The molecule has 1 rings (SSSR count). The Morgan fingerprint density at radius 2 is 2.38 bits per heavy atom. The van der Waals surface area contributed by atoms with Gasteiger partial charge in [-0.15, -0.1) is 0 Å². The zero-order valence-electron chi connectivity index (χ0n) is 9.04. The standard InChI is InChI=1S/C9H13I2N3O2/c1-3-16-9(15)6(12-2)4-14-5-13-7(10)8(14)11/h5-6,12H,3-4H2,1-2H3. The summed E-state index contributed by atoms with van der Waals surface area (Å²) in [5.74, 6) is -0.232. The molecule has 1 unspecified atom stereocenters. The average molecular weight is 449 g/mol. The Bertz CT molecular complexity index is 368. The maximum Gasteiger partial charge on any atom is 0.324 e. The van der Waals surface area contributed by atoms with Crippen LogP contribution in [0.4, 0.5) is 0 Å². The number of aromatic nitrogens is 2. The number of hydrogen-bond donors (Lipinski definition) is 1. The highest BCUT2D eigenvalue weighted by Gasteiger charge is 2.19. The van der Waals surface area contributed by atoms with E-state index in [0.29, 0.717) is 13.2 Å². The van der Waals surface area contributed by atoms with Gasteiger partial charge in [-0.25, -0.2) is 4.98 Å². The van der Waals surface area contributed by atoms with E-state index >= 15 is 0 Å². The van der Waals surface area contributed by atoms with Crippen molar-refractivity contribution in [3.63, 3.8) is 0 Å². The summed E-state index contributed by atoms with van der Waals surface area (Å²) in [4.78, 5) is 15.7. The highest BCUT2D eigenvalue weighted by Crippen LogP contribution is 2.13. The number of carbonyl (C=O) groups is 1. The third kappa shape index (κ3) is 3.55. The summed E-state index contributed by atoms with van der Waals surface area (Å²) >= 11 is 4.37. The number of nitrogens with zero attached hydrogens (tertiary/aromatic N) is 2. The van der Waals surface area contributed by atoms with Gasteiger partial charge in [-0.05, 0) is 59.2 Å². The largest absolute Gasteiger partial charge is 0.465 e. The third-order valence-electron chi connectivity index (χ3n) is 2.03. The fourth-order valence-corrected chi connectivity index (χ4v) is 2.09. The molecule has 1 atom stereocenters. The minimum absolute atomic E-state index is 0.232. The summed E-state index contributed by atoms with van der Waals surface area (Å²) < 4.78 is 8.88. The smallest absolute Gasteiger partial charge is 0.324 e. The first-order valence-electron chi connectivity index (χ1n) is 4.80. The van der Waals surface area contributed by atoms with Gasteiger partial charge in [0, 0.05) is 0 Å².